The van der Waals surface area contributed by atoms with Gasteiger partial charge in [-0.05, 0) is 43.6 Å². The summed E-state index contributed by atoms with van der Waals surface area (Å²) in [6, 6.07) is 16.4. The summed E-state index contributed by atoms with van der Waals surface area (Å²) in [5.74, 6) is 0.436. The highest BCUT2D eigenvalue weighted by molar-refractivity contribution is 5.72. The molecule has 0 radical (unpaired) electrons. The fourth-order valence-corrected chi connectivity index (χ4v) is 3.26. The van der Waals surface area contributed by atoms with Gasteiger partial charge in [-0.1, -0.05) is 42.5 Å². The van der Waals surface area contributed by atoms with Crippen molar-refractivity contribution in [3.8, 4) is 11.1 Å². The lowest BCUT2D eigenvalue weighted by atomic mass is 10.1. The van der Waals surface area contributed by atoms with Gasteiger partial charge in [0, 0.05) is 43.3 Å². The molecule has 4 rings (SSSR count). The number of benzene rings is 1. The Balaban J connectivity index is 0.000000526. The number of nitrogens with zero attached hydrogens (tertiary/aromatic N) is 4. The third-order valence-electron chi connectivity index (χ3n) is 5.17. The van der Waals surface area contributed by atoms with Crippen LogP contribution in [-0.2, 0) is 19.6 Å². The molecule has 4 aromatic rings. The molecule has 0 saturated carbocycles. The van der Waals surface area contributed by atoms with Crippen molar-refractivity contribution in [2.45, 2.75) is 19.0 Å². The predicted molar refractivity (Wildman–Crippen MR) is 136 cm³/mol. The summed E-state index contributed by atoms with van der Waals surface area (Å²) in [5, 5.41) is 10.7. The molecule has 7 nitrogen and oxygen atoms in total. The summed E-state index contributed by atoms with van der Waals surface area (Å²) in [4.78, 5) is 7.70. The topological polar surface area (TPSA) is 93.7 Å². The molecule has 4 N–H and O–H groups in total. The van der Waals surface area contributed by atoms with Crippen molar-refractivity contribution in [3.05, 3.63) is 90.6 Å². The van der Waals surface area contributed by atoms with Crippen LogP contribution in [0.5, 0.6) is 0 Å². The Kier molecular flexibility index (Phi) is 9.82. The number of aromatic nitrogens is 4. The molecule has 190 valence electrons. The molecule has 0 aliphatic rings. The van der Waals surface area contributed by atoms with E-state index >= 15 is 0 Å². The van der Waals surface area contributed by atoms with E-state index in [0.29, 0.717) is 25.3 Å². The maximum atomic E-state index is 12.5. The minimum atomic E-state index is -4.40. The van der Waals surface area contributed by atoms with Crippen LogP contribution in [-0.4, -0.2) is 39.4 Å². The van der Waals surface area contributed by atoms with E-state index in [4.69, 9.17) is 5.73 Å². The van der Waals surface area contributed by atoms with E-state index < -0.39 is 11.9 Å². The Morgan fingerprint density at radius 3 is 2.19 bits per heavy atom. The average molecular weight is 498 g/mol. The fourth-order valence-electron chi connectivity index (χ4n) is 3.26. The van der Waals surface area contributed by atoms with Crippen LogP contribution in [0.15, 0.2) is 79.4 Å². The first-order valence-corrected chi connectivity index (χ1v) is 11.5. The third-order valence-corrected chi connectivity index (χ3v) is 5.17. The molecule has 0 aliphatic heterocycles. The highest BCUT2D eigenvalue weighted by Gasteiger charge is 2.31. The number of hydrogen-bond acceptors (Lipinski definition) is 6. The molecule has 0 saturated heterocycles. The smallest absolute Gasteiger partial charge is 0.382 e. The molecule has 0 aliphatic carbocycles. The molecule has 0 bridgehead atoms. The van der Waals surface area contributed by atoms with Crippen LogP contribution in [0, 0.1) is 0 Å². The van der Waals surface area contributed by atoms with Crippen molar-refractivity contribution in [1.29, 1.82) is 0 Å². The van der Waals surface area contributed by atoms with Crippen LogP contribution in [0.4, 0.5) is 24.7 Å². The van der Waals surface area contributed by atoms with Gasteiger partial charge in [0.15, 0.2) is 0 Å². The van der Waals surface area contributed by atoms with Crippen molar-refractivity contribution < 1.29 is 13.2 Å². The monoisotopic (exact) mass is 497 g/mol. The van der Waals surface area contributed by atoms with Gasteiger partial charge in [0.1, 0.15) is 11.5 Å². The summed E-state index contributed by atoms with van der Waals surface area (Å²) < 4.78 is 39.2. The molecule has 10 heteroatoms. The second-order valence-corrected chi connectivity index (χ2v) is 8.04. The molecule has 3 heterocycles. The normalized spacial score (nSPS) is 11.0. The number of anilines is 2. The Hall–Kier alpha value is -3.92. The largest absolute Gasteiger partial charge is 0.433 e. The van der Waals surface area contributed by atoms with Crippen LogP contribution in [0.3, 0.4) is 0 Å². The number of aryl methyl sites for hydroxylation is 1. The number of nitrogen functional groups attached to an aromatic ring is 1. The van der Waals surface area contributed by atoms with Crippen LogP contribution < -0.4 is 16.4 Å². The van der Waals surface area contributed by atoms with Crippen molar-refractivity contribution in [2.24, 2.45) is 7.05 Å². The van der Waals surface area contributed by atoms with Crippen molar-refractivity contribution in [2.75, 3.05) is 30.7 Å². The zero-order valence-corrected chi connectivity index (χ0v) is 20.0. The van der Waals surface area contributed by atoms with Crippen LogP contribution in [0.2, 0.25) is 0 Å². The summed E-state index contributed by atoms with van der Waals surface area (Å²) >= 11 is 0. The van der Waals surface area contributed by atoms with E-state index in [1.165, 1.54) is 12.3 Å². The van der Waals surface area contributed by atoms with Gasteiger partial charge in [-0.2, -0.15) is 18.3 Å². The predicted octanol–water partition coefficient (Wildman–Crippen LogP) is 4.80. The molecule has 0 atom stereocenters. The summed E-state index contributed by atoms with van der Waals surface area (Å²) in [5.41, 5.74) is 8.51. The molecule has 3 aromatic heterocycles. The van der Waals surface area contributed by atoms with Gasteiger partial charge in [-0.15, -0.1) is 0 Å². The Bertz CT molecular complexity index is 1150. The molecule has 0 amide bonds. The third kappa shape index (κ3) is 8.70. The first kappa shape index (κ1) is 26.7. The Morgan fingerprint density at radius 1 is 0.889 bits per heavy atom. The molecule has 0 fully saturated rings. The van der Waals surface area contributed by atoms with Crippen LogP contribution in [0.25, 0.3) is 11.1 Å². The van der Waals surface area contributed by atoms with Gasteiger partial charge in [0.2, 0.25) is 0 Å². The van der Waals surface area contributed by atoms with E-state index in [-0.39, 0.29) is 0 Å². The second kappa shape index (κ2) is 13.2. The minimum absolute atomic E-state index is 0.436. The lowest BCUT2D eigenvalue weighted by Gasteiger charge is -2.11. The van der Waals surface area contributed by atoms with E-state index in [1.54, 1.807) is 17.1 Å². The maximum absolute atomic E-state index is 12.5. The van der Waals surface area contributed by atoms with Gasteiger partial charge in [-0.3, -0.25) is 9.67 Å². The van der Waals surface area contributed by atoms with Crippen LogP contribution >= 0.6 is 0 Å². The van der Waals surface area contributed by atoms with Gasteiger partial charge >= 0.3 is 6.18 Å². The number of rotatable bonds is 9. The van der Waals surface area contributed by atoms with E-state index in [1.807, 2.05) is 55.7 Å². The van der Waals surface area contributed by atoms with Crippen molar-refractivity contribution in [1.82, 2.24) is 25.1 Å². The van der Waals surface area contributed by atoms with Gasteiger partial charge in [0.25, 0.3) is 0 Å². The first-order valence-electron chi connectivity index (χ1n) is 11.5. The number of nitrogens with two attached hydrogens (primary N) is 1. The molecule has 0 spiro atoms. The van der Waals surface area contributed by atoms with Crippen molar-refractivity contribution in [3.63, 3.8) is 0 Å². The number of hydrogen-bond donors (Lipinski definition) is 3. The highest BCUT2D eigenvalue weighted by Crippen LogP contribution is 2.27. The Morgan fingerprint density at radius 2 is 1.61 bits per heavy atom. The number of nitrogens with one attached hydrogen (secondary N) is 2. The first-order chi connectivity index (χ1) is 17.3. The van der Waals surface area contributed by atoms with Crippen molar-refractivity contribution >= 4 is 11.5 Å². The lowest BCUT2D eigenvalue weighted by molar-refractivity contribution is -0.141. The number of alkyl halides is 3. The van der Waals surface area contributed by atoms with E-state index in [9.17, 15) is 13.2 Å². The fraction of sp³-hybridized carbons (Fsp3) is 0.269. The van der Waals surface area contributed by atoms with Gasteiger partial charge in [-0.25, -0.2) is 4.98 Å². The molecular formula is C26H30F3N7. The molecule has 1 aromatic carbocycles. The van der Waals surface area contributed by atoms with Gasteiger partial charge in [0.05, 0.1) is 11.9 Å². The van der Waals surface area contributed by atoms with E-state index in [2.05, 4.69) is 25.7 Å². The maximum Gasteiger partial charge on any atom is 0.433 e. The molecule has 36 heavy (non-hydrogen) atoms. The van der Waals surface area contributed by atoms with Crippen LogP contribution in [0.1, 0.15) is 17.7 Å². The quantitative estimate of drug-likeness (QED) is 0.288. The number of pyridine rings is 2. The zero-order valence-electron chi connectivity index (χ0n) is 20.0. The minimum Gasteiger partial charge on any atom is -0.382 e. The average Bonchev–Trinajstić information content (AvgIpc) is 3.32. The lowest BCUT2D eigenvalue weighted by Crippen LogP contribution is -2.21. The van der Waals surface area contributed by atoms with E-state index in [0.717, 1.165) is 41.4 Å². The Labute approximate surface area is 208 Å². The SMILES string of the molecule is Cn1cc(-c2cnc(N)c(NCCCNCCc3ccc(C(F)(F)F)nc3)c2)cn1.c1ccccc1. The summed E-state index contributed by atoms with van der Waals surface area (Å²) in [7, 11) is 1.86. The zero-order chi connectivity index (χ0) is 25.8. The standard InChI is InChI=1S/C20H24F3N7.C6H6/c1-30-13-16(12-29-30)15-9-17(19(24)28-11-15)26-7-2-6-25-8-5-14-3-4-18(27-10-14)20(21,22)23;1-2-4-6-5-3-1/h3-4,9-13,25-26H,2,5-8H2,1H3,(H2,24,28);1-6H. The molecule has 0 unspecified atom stereocenters. The highest BCUT2D eigenvalue weighted by atomic mass is 19.4. The summed E-state index contributed by atoms with van der Waals surface area (Å²) in [6.45, 7) is 2.13. The second-order valence-electron chi connectivity index (χ2n) is 8.04. The molecular weight excluding hydrogens is 467 g/mol. The summed E-state index contributed by atoms with van der Waals surface area (Å²) in [6.07, 6.45) is 3.73. The van der Waals surface area contributed by atoms with Gasteiger partial charge < -0.3 is 16.4 Å². The number of halogens is 3.